The van der Waals surface area contributed by atoms with Crippen molar-refractivity contribution in [3.05, 3.63) is 71.8 Å². The normalized spacial score (nSPS) is 22.4. The Morgan fingerprint density at radius 3 is 1.47 bits per heavy atom. The molecule has 2 aromatic carbocycles. The second-order valence-electron chi connectivity index (χ2n) is 4.59. The first kappa shape index (κ1) is 10.9. The molecule has 1 aliphatic heterocycles. The maximum absolute atomic E-state index is 2.23. The van der Waals surface area contributed by atoms with Gasteiger partial charge in [-0.1, -0.05) is 60.7 Å². The van der Waals surface area contributed by atoms with Crippen molar-refractivity contribution in [2.45, 2.75) is 23.3 Å². The lowest BCUT2D eigenvalue weighted by Gasteiger charge is -2.00. The highest BCUT2D eigenvalue weighted by molar-refractivity contribution is 8.07. The van der Waals surface area contributed by atoms with Crippen molar-refractivity contribution in [1.29, 1.82) is 0 Å². The van der Waals surface area contributed by atoms with Gasteiger partial charge in [0.1, 0.15) is 0 Å². The highest BCUT2D eigenvalue weighted by Crippen LogP contribution is 2.45. The minimum Gasteiger partial charge on any atom is -0.152 e. The van der Waals surface area contributed by atoms with Gasteiger partial charge in [0.05, 0.1) is 0 Å². The molecule has 0 N–H and O–H groups in total. The van der Waals surface area contributed by atoms with Gasteiger partial charge >= 0.3 is 0 Å². The van der Waals surface area contributed by atoms with Crippen LogP contribution in [0.5, 0.6) is 0 Å². The third-order valence-electron chi connectivity index (χ3n) is 3.25. The van der Waals surface area contributed by atoms with E-state index in [1.54, 1.807) is 0 Å². The lowest BCUT2D eigenvalue weighted by atomic mass is 10.0. The summed E-state index contributed by atoms with van der Waals surface area (Å²) in [4.78, 5) is 0. The Hall–Kier alpha value is -1.21. The Morgan fingerprint density at radius 1 is 0.647 bits per heavy atom. The Bertz CT molecular complexity index is 418. The van der Waals surface area contributed by atoms with Crippen LogP contribution in [-0.2, 0) is 12.8 Å². The van der Waals surface area contributed by atoms with E-state index >= 15 is 0 Å². The molecule has 3 rings (SSSR count). The molecule has 0 aliphatic carbocycles. The van der Waals surface area contributed by atoms with Gasteiger partial charge in [-0.2, -0.15) is 11.8 Å². The summed E-state index contributed by atoms with van der Waals surface area (Å²) >= 11 is 2.13. The van der Waals surface area contributed by atoms with E-state index in [-0.39, 0.29) is 0 Å². The Balaban J connectivity index is 1.54. The summed E-state index contributed by atoms with van der Waals surface area (Å²) in [6.07, 6.45) is 2.45. The van der Waals surface area contributed by atoms with E-state index in [2.05, 4.69) is 72.4 Å². The number of thioether (sulfide) groups is 1. The smallest absolute Gasteiger partial charge is 0.0213 e. The van der Waals surface area contributed by atoms with Crippen LogP contribution in [-0.4, -0.2) is 10.5 Å². The maximum atomic E-state index is 2.23. The zero-order chi connectivity index (χ0) is 11.5. The fourth-order valence-electron chi connectivity index (χ4n) is 2.23. The monoisotopic (exact) mass is 240 g/mol. The van der Waals surface area contributed by atoms with E-state index in [0.717, 1.165) is 10.5 Å². The third kappa shape index (κ3) is 2.92. The van der Waals surface area contributed by atoms with Crippen molar-refractivity contribution >= 4 is 11.8 Å². The molecule has 1 aliphatic rings. The average Bonchev–Trinajstić information content (AvgIpc) is 3.10. The molecule has 0 bridgehead atoms. The summed E-state index contributed by atoms with van der Waals surface area (Å²) in [6.45, 7) is 0. The Kier molecular flexibility index (Phi) is 3.19. The van der Waals surface area contributed by atoms with Gasteiger partial charge in [-0.15, -0.1) is 0 Å². The maximum Gasteiger partial charge on any atom is 0.0213 e. The van der Waals surface area contributed by atoms with Gasteiger partial charge < -0.3 is 0 Å². The number of hydrogen-bond donors (Lipinski definition) is 0. The van der Waals surface area contributed by atoms with Crippen LogP contribution in [0.1, 0.15) is 11.1 Å². The molecule has 0 spiro atoms. The van der Waals surface area contributed by atoms with Crippen molar-refractivity contribution in [3.8, 4) is 0 Å². The van der Waals surface area contributed by atoms with Crippen molar-refractivity contribution in [3.63, 3.8) is 0 Å². The molecular formula is C16H16S. The SMILES string of the molecule is c1ccc(CC2SC2Cc2ccccc2)cc1. The highest BCUT2D eigenvalue weighted by atomic mass is 32.2. The van der Waals surface area contributed by atoms with Crippen LogP contribution in [0.25, 0.3) is 0 Å². The predicted octanol–water partition coefficient (Wildman–Crippen LogP) is 3.96. The van der Waals surface area contributed by atoms with E-state index in [1.165, 1.54) is 24.0 Å². The van der Waals surface area contributed by atoms with Crippen molar-refractivity contribution < 1.29 is 0 Å². The lowest BCUT2D eigenvalue weighted by Crippen LogP contribution is -2.01. The summed E-state index contributed by atoms with van der Waals surface area (Å²) in [5, 5.41) is 1.66. The Labute approximate surface area is 107 Å². The Morgan fingerprint density at radius 2 is 1.06 bits per heavy atom. The summed E-state index contributed by atoms with van der Waals surface area (Å²) in [7, 11) is 0. The number of hydrogen-bond acceptors (Lipinski definition) is 1. The van der Waals surface area contributed by atoms with Crippen LogP contribution in [0.15, 0.2) is 60.7 Å². The van der Waals surface area contributed by atoms with E-state index in [4.69, 9.17) is 0 Å². The molecule has 0 saturated carbocycles. The molecule has 0 amide bonds. The van der Waals surface area contributed by atoms with Gasteiger partial charge in [0.2, 0.25) is 0 Å². The van der Waals surface area contributed by atoms with E-state index in [9.17, 15) is 0 Å². The molecule has 0 aromatic heterocycles. The second kappa shape index (κ2) is 4.97. The molecule has 1 saturated heterocycles. The molecule has 2 aromatic rings. The van der Waals surface area contributed by atoms with Crippen LogP contribution in [0.2, 0.25) is 0 Å². The highest BCUT2D eigenvalue weighted by Gasteiger charge is 2.37. The zero-order valence-corrected chi connectivity index (χ0v) is 10.6. The second-order valence-corrected chi connectivity index (χ2v) is 6.08. The third-order valence-corrected chi connectivity index (χ3v) is 4.62. The van der Waals surface area contributed by atoms with Gasteiger partial charge in [-0.05, 0) is 24.0 Å². The fraction of sp³-hybridized carbons (Fsp3) is 0.250. The first-order chi connectivity index (χ1) is 8.42. The van der Waals surface area contributed by atoms with E-state index < -0.39 is 0 Å². The zero-order valence-electron chi connectivity index (χ0n) is 9.75. The van der Waals surface area contributed by atoms with Gasteiger partial charge in [-0.25, -0.2) is 0 Å². The summed E-state index contributed by atoms with van der Waals surface area (Å²) in [5.74, 6) is 0. The van der Waals surface area contributed by atoms with Crippen molar-refractivity contribution in [1.82, 2.24) is 0 Å². The van der Waals surface area contributed by atoms with Crippen LogP contribution >= 0.6 is 11.8 Å². The largest absolute Gasteiger partial charge is 0.152 e. The molecule has 2 unspecified atom stereocenters. The summed E-state index contributed by atoms with van der Waals surface area (Å²) < 4.78 is 0. The average molecular weight is 240 g/mol. The first-order valence-electron chi connectivity index (χ1n) is 6.15. The standard InChI is InChI=1S/C16H16S/c1-3-7-13(8-4-1)11-15-16(17-15)12-14-9-5-2-6-10-14/h1-10,15-16H,11-12H2. The molecular weight excluding hydrogens is 224 g/mol. The topological polar surface area (TPSA) is 0 Å². The minimum atomic E-state index is 0.831. The molecule has 0 nitrogen and oxygen atoms in total. The van der Waals surface area contributed by atoms with Gasteiger partial charge in [0.15, 0.2) is 0 Å². The molecule has 0 radical (unpaired) electrons. The summed E-state index contributed by atoms with van der Waals surface area (Å²) in [5.41, 5.74) is 2.95. The predicted molar refractivity (Wildman–Crippen MR) is 75.5 cm³/mol. The van der Waals surface area contributed by atoms with Crippen LogP contribution in [0, 0.1) is 0 Å². The minimum absolute atomic E-state index is 0.831. The van der Waals surface area contributed by atoms with Gasteiger partial charge in [0.25, 0.3) is 0 Å². The molecule has 86 valence electrons. The number of rotatable bonds is 4. The van der Waals surface area contributed by atoms with Crippen LogP contribution < -0.4 is 0 Å². The molecule has 1 fully saturated rings. The van der Waals surface area contributed by atoms with Gasteiger partial charge in [0, 0.05) is 10.5 Å². The van der Waals surface area contributed by atoms with Crippen molar-refractivity contribution in [2.75, 3.05) is 0 Å². The molecule has 2 atom stereocenters. The lowest BCUT2D eigenvalue weighted by molar-refractivity contribution is 0.856. The fourth-order valence-corrected chi connectivity index (χ4v) is 3.36. The molecule has 17 heavy (non-hydrogen) atoms. The number of benzene rings is 2. The quantitative estimate of drug-likeness (QED) is 0.729. The van der Waals surface area contributed by atoms with Crippen LogP contribution in [0.4, 0.5) is 0 Å². The van der Waals surface area contributed by atoms with E-state index in [0.29, 0.717) is 0 Å². The molecule has 1 heteroatoms. The molecule has 1 heterocycles. The van der Waals surface area contributed by atoms with Crippen molar-refractivity contribution in [2.24, 2.45) is 0 Å². The van der Waals surface area contributed by atoms with Crippen LogP contribution in [0.3, 0.4) is 0 Å². The summed E-state index contributed by atoms with van der Waals surface area (Å²) in [6, 6.07) is 21.6. The van der Waals surface area contributed by atoms with E-state index in [1.807, 2.05) is 0 Å². The van der Waals surface area contributed by atoms with Gasteiger partial charge in [-0.3, -0.25) is 0 Å². The first-order valence-corrected chi connectivity index (χ1v) is 7.09.